The van der Waals surface area contributed by atoms with Crippen LogP contribution in [0, 0.1) is 6.92 Å². The summed E-state index contributed by atoms with van der Waals surface area (Å²) in [6.45, 7) is 1.91. The molecule has 6 heteroatoms. The van der Waals surface area contributed by atoms with Crippen LogP contribution < -0.4 is 10.6 Å². The fraction of sp³-hybridized carbons (Fsp3) is 0.400. The van der Waals surface area contributed by atoms with Crippen LogP contribution in [-0.2, 0) is 14.4 Å². The molecule has 0 radical (unpaired) electrons. The molecule has 0 atom stereocenters. The molecule has 0 aromatic heterocycles. The molecule has 1 aliphatic carbocycles. The number of benzene rings is 1. The molecule has 0 saturated heterocycles. The summed E-state index contributed by atoms with van der Waals surface area (Å²) in [6, 6.07) is 6.98. The minimum absolute atomic E-state index is 0.353. The van der Waals surface area contributed by atoms with Crippen molar-refractivity contribution >= 4 is 23.5 Å². The van der Waals surface area contributed by atoms with Crippen LogP contribution in [0.2, 0.25) is 0 Å². The van der Waals surface area contributed by atoms with E-state index in [-0.39, 0.29) is 0 Å². The quantitative estimate of drug-likeness (QED) is 0.734. The van der Waals surface area contributed by atoms with Crippen molar-refractivity contribution < 1.29 is 19.5 Å². The zero-order chi connectivity index (χ0) is 15.5. The van der Waals surface area contributed by atoms with Crippen molar-refractivity contribution in [3.8, 4) is 0 Å². The van der Waals surface area contributed by atoms with Crippen molar-refractivity contribution in [1.29, 1.82) is 0 Å². The van der Waals surface area contributed by atoms with Gasteiger partial charge in [0.15, 0.2) is 0 Å². The van der Waals surface area contributed by atoms with Crippen LogP contribution in [0.15, 0.2) is 24.3 Å². The molecule has 0 spiro atoms. The number of carbonyl (C=O) groups excluding carboxylic acids is 2. The van der Waals surface area contributed by atoms with Crippen molar-refractivity contribution in [2.45, 2.75) is 38.1 Å². The number of nitrogens with one attached hydrogen (secondary N) is 2. The van der Waals surface area contributed by atoms with E-state index in [2.05, 4.69) is 10.6 Å². The fourth-order valence-electron chi connectivity index (χ4n) is 2.47. The first-order valence-corrected chi connectivity index (χ1v) is 6.86. The average molecular weight is 290 g/mol. The maximum atomic E-state index is 11.9. The van der Waals surface area contributed by atoms with Gasteiger partial charge in [0, 0.05) is 5.69 Å². The second kappa shape index (κ2) is 5.95. The molecule has 21 heavy (non-hydrogen) atoms. The highest BCUT2D eigenvalue weighted by molar-refractivity contribution is 6.40. The van der Waals surface area contributed by atoms with Crippen LogP contribution in [0.5, 0.6) is 0 Å². The van der Waals surface area contributed by atoms with Gasteiger partial charge in [-0.1, -0.05) is 30.5 Å². The van der Waals surface area contributed by atoms with Gasteiger partial charge in [0.05, 0.1) is 0 Å². The van der Waals surface area contributed by atoms with E-state index in [0.717, 1.165) is 18.4 Å². The molecule has 1 aromatic carbocycles. The summed E-state index contributed by atoms with van der Waals surface area (Å²) in [5.74, 6) is -2.86. The number of aliphatic carboxylic acids is 1. The zero-order valence-corrected chi connectivity index (χ0v) is 11.8. The number of carboxylic acids is 1. The summed E-state index contributed by atoms with van der Waals surface area (Å²) in [5.41, 5.74) is 0.228. The summed E-state index contributed by atoms with van der Waals surface area (Å²) in [5, 5.41) is 14.1. The molecule has 6 nitrogen and oxygen atoms in total. The normalized spacial score (nSPS) is 16.2. The van der Waals surface area contributed by atoms with Crippen LogP contribution in [0.1, 0.15) is 31.2 Å². The van der Waals surface area contributed by atoms with Crippen LogP contribution in [0.4, 0.5) is 5.69 Å². The van der Waals surface area contributed by atoms with Crippen LogP contribution >= 0.6 is 0 Å². The largest absolute Gasteiger partial charge is 0.480 e. The maximum Gasteiger partial charge on any atom is 0.329 e. The Balaban J connectivity index is 2.00. The minimum atomic E-state index is -1.30. The highest BCUT2D eigenvalue weighted by Gasteiger charge is 2.43. The third kappa shape index (κ3) is 3.39. The monoisotopic (exact) mass is 290 g/mol. The number of hydrogen-bond acceptors (Lipinski definition) is 3. The van der Waals surface area contributed by atoms with Gasteiger partial charge in [-0.15, -0.1) is 0 Å². The molecular weight excluding hydrogens is 272 g/mol. The van der Waals surface area contributed by atoms with Gasteiger partial charge in [-0.2, -0.15) is 0 Å². The number of aryl methyl sites for hydroxylation is 1. The third-order valence-electron chi connectivity index (χ3n) is 3.73. The van der Waals surface area contributed by atoms with Crippen molar-refractivity contribution in [2.75, 3.05) is 5.32 Å². The van der Waals surface area contributed by atoms with Gasteiger partial charge in [-0.25, -0.2) is 4.79 Å². The summed E-state index contributed by atoms with van der Waals surface area (Å²) >= 11 is 0. The molecule has 1 aromatic rings. The highest BCUT2D eigenvalue weighted by Crippen LogP contribution is 2.29. The first-order chi connectivity index (χ1) is 9.93. The van der Waals surface area contributed by atoms with E-state index >= 15 is 0 Å². The lowest BCUT2D eigenvalue weighted by atomic mass is 9.98. The van der Waals surface area contributed by atoms with Crippen LogP contribution in [-0.4, -0.2) is 28.4 Å². The van der Waals surface area contributed by atoms with Gasteiger partial charge < -0.3 is 15.7 Å². The van der Waals surface area contributed by atoms with Crippen LogP contribution in [0.3, 0.4) is 0 Å². The Morgan fingerprint density at radius 2 is 1.62 bits per heavy atom. The molecule has 1 saturated carbocycles. The number of rotatable bonds is 3. The van der Waals surface area contributed by atoms with E-state index in [0.29, 0.717) is 18.5 Å². The summed E-state index contributed by atoms with van der Waals surface area (Å²) < 4.78 is 0. The van der Waals surface area contributed by atoms with E-state index in [1.165, 1.54) is 0 Å². The van der Waals surface area contributed by atoms with Gasteiger partial charge in [0.1, 0.15) is 5.54 Å². The lowest BCUT2D eigenvalue weighted by molar-refractivity contribution is -0.148. The maximum absolute atomic E-state index is 11.9. The summed E-state index contributed by atoms with van der Waals surface area (Å²) in [6.07, 6.45) is 2.16. The van der Waals surface area contributed by atoms with E-state index in [9.17, 15) is 19.5 Å². The predicted octanol–water partition coefficient (Wildman–Crippen LogP) is 1.45. The molecule has 0 heterocycles. The molecule has 0 unspecified atom stereocenters. The molecule has 3 N–H and O–H groups in total. The number of carboxylic acid groups (broad SMARTS) is 1. The Kier molecular flexibility index (Phi) is 4.26. The lowest BCUT2D eigenvalue weighted by Gasteiger charge is -2.24. The third-order valence-corrected chi connectivity index (χ3v) is 3.73. The second-order valence-electron chi connectivity index (χ2n) is 5.37. The second-order valence-corrected chi connectivity index (χ2v) is 5.37. The van der Waals surface area contributed by atoms with Gasteiger partial charge in [0.25, 0.3) is 0 Å². The van der Waals surface area contributed by atoms with Gasteiger partial charge >= 0.3 is 17.8 Å². The Hall–Kier alpha value is -2.37. The lowest BCUT2D eigenvalue weighted by Crippen LogP contribution is -2.55. The van der Waals surface area contributed by atoms with E-state index < -0.39 is 23.3 Å². The van der Waals surface area contributed by atoms with E-state index in [4.69, 9.17) is 0 Å². The first kappa shape index (κ1) is 15.0. The zero-order valence-electron chi connectivity index (χ0n) is 11.8. The number of amides is 2. The predicted molar refractivity (Wildman–Crippen MR) is 76.8 cm³/mol. The summed E-state index contributed by atoms with van der Waals surface area (Å²) in [4.78, 5) is 35.1. The number of anilines is 1. The SMILES string of the molecule is Cc1ccc(NC(=O)C(=O)NC2(C(=O)O)CCCC2)cc1. The number of carbonyl (C=O) groups is 3. The van der Waals surface area contributed by atoms with Gasteiger partial charge in [0.2, 0.25) is 0 Å². The molecule has 2 amide bonds. The molecule has 1 fully saturated rings. The Bertz CT molecular complexity index is 560. The standard InChI is InChI=1S/C15H18N2O4/c1-10-4-6-11(7-5-10)16-12(18)13(19)17-15(14(20)21)8-2-3-9-15/h4-7H,2-3,8-9H2,1H3,(H,16,18)(H,17,19)(H,20,21). The van der Waals surface area contributed by atoms with Crippen molar-refractivity contribution in [2.24, 2.45) is 0 Å². The first-order valence-electron chi connectivity index (χ1n) is 6.86. The molecule has 0 bridgehead atoms. The van der Waals surface area contributed by atoms with Gasteiger partial charge in [-0.05, 0) is 31.9 Å². The van der Waals surface area contributed by atoms with E-state index in [1.54, 1.807) is 12.1 Å². The molecule has 1 aliphatic rings. The highest BCUT2D eigenvalue weighted by atomic mass is 16.4. The topological polar surface area (TPSA) is 95.5 Å². The molecule has 112 valence electrons. The van der Waals surface area contributed by atoms with E-state index in [1.807, 2.05) is 19.1 Å². The Morgan fingerprint density at radius 3 is 2.14 bits per heavy atom. The Morgan fingerprint density at radius 1 is 1.05 bits per heavy atom. The van der Waals surface area contributed by atoms with Crippen molar-refractivity contribution in [3.05, 3.63) is 29.8 Å². The average Bonchev–Trinajstić information content (AvgIpc) is 2.91. The number of hydrogen-bond donors (Lipinski definition) is 3. The van der Waals surface area contributed by atoms with Crippen molar-refractivity contribution in [3.63, 3.8) is 0 Å². The van der Waals surface area contributed by atoms with Crippen LogP contribution in [0.25, 0.3) is 0 Å². The minimum Gasteiger partial charge on any atom is -0.480 e. The summed E-state index contributed by atoms with van der Waals surface area (Å²) in [7, 11) is 0. The van der Waals surface area contributed by atoms with Gasteiger partial charge in [-0.3, -0.25) is 9.59 Å². The molecule has 0 aliphatic heterocycles. The Labute approximate surface area is 122 Å². The molecular formula is C15H18N2O4. The molecule has 2 rings (SSSR count). The smallest absolute Gasteiger partial charge is 0.329 e. The van der Waals surface area contributed by atoms with Crippen molar-refractivity contribution in [1.82, 2.24) is 5.32 Å². The fourth-order valence-corrected chi connectivity index (χ4v) is 2.47.